The number of hydrogen-bond donors (Lipinski definition) is 0. The smallest absolute Gasteiger partial charge is 0.138 e. The molecular formula is C15H22N4O. The van der Waals surface area contributed by atoms with E-state index in [9.17, 15) is 0 Å². The first kappa shape index (κ1) is 13.4. The highest BCUT2D eigenvalue weighted by Gasteiger charge is 2.31. The van der Waals surface area contributed by atoms with Crippen molar-refractivity contribution >= 4 is 0 Å². The zero-order chi connectivity index (χ0) is 14.3. The Morgan fingerprint density at radius 1 is 1.30 bits per heavy atom. The zero-order valence-electron chi connectivity index (χ0n) is 12.7. The number of hydrogen-bond acceptors (Lipinski definition) is 4. The Bertz CT molecular complexity index is 594. The summed E-state index contributed by atoms with van der Waals surface area (Å²) in [6.07, 6.45) is 4.54. The quantitative estimate of drug-likeness (QED) is 0.863. The Balaban J connectivity index is 1.84. The first-order chi connectivity index (χ1) is 9.56. The molecular weight excluding hydrogens is 252 g/mol. The summed E-state index contributed by atoms with van der Waals surface area (Å²) in [5.74, 6) is 0.960. The molecule has 0 saturated carbocycles. The van der Waals surface area contributed by atoms with Gasteiger partial charge >= 0.3 is 0 Å². The summed E-state index contributed by atoms with van der Waals surface area (Å²) in [6, 6.07) is 0.431. The molecule has 3 rings (SSSR count). The fourth-order valence-corrected chi connectivity index (χ4v) is 3.33. The highest BCUT2D eigenvalue weighted by molar-refractivity contribution is 5.26. The fraction of sp³-hybridized carbons (Fsp3) is 0.600. The van der Waals surface area contributed by atoms with E-state index in [1.807, 2.05) is 25.6 Å². The van der Waals surface area contributed by atoms with Crippen molar-refractivity contribution in [2.24, 2.45) is 7.05 Å². The number of rotatable bonds is 3. The van der Waals surface area contributed by atoms with Crippen LogP contribution in [0.2, 0.25) is 0 Å². The van der Waals surface area contributed by atoms with Gasteiger partial charge in [0.1, 0.15) is 5.76 Å². The van der Waals surface area contributed by atoms with Gasteiger partial charge in [0.25, 0.3) is 0 Å². The second-order valence-corrected chi connectivity index (χ2v) is 5.78. The van der Waals surface area contributed by atoms with Crippen LogP contribution >= 0.6 is 0 Å². The fourth-order valence-electron chi connectivity index (χ4n) is 3.33. The topological polar surface area (TPSA) is 47.1 Å². The molecule has 0 bridgehead atoms. The zero-order valence-corrected chi connectivity index (χ0v) is 12.7. The molecule has 1 saturated heterocycles. The van der Waals surface area contributed by atoms with Gasteiger partial charge in [-0.2, -0.15) is 5.10 Å². The maximum Gasteiger partial charge on any atom is 0.138 e. The van der Waals surface area contributed by atoms with E-state index in [0.29, 0.717) is 6.04 Å². The van der Waals surface area contributed by atoms with Gasteiger partial charge in [-0.3, -0.25) is 9.58 Å². The van der Waals surface area contributed by atoms with Gasteiger partial charge in [0.15, 0.2) is 0 Å². The summed E-state index contributed by atoms with van der Waals surface area (Å²) in [5, 5.41) is 8.54. The maximum atomic E-state index is 5.34. The normalized spacial score (nSPS) is 19.9. The molecule has 0 radical (unpaired) electrons. The molecule has 108 valence electrons. The molecule has 2 aromatic rings. The molecule has 0 amide bonds. The van der Waals surface area contributed by atoms with E-state index >= 15 is 0 Å². The van der Waals surface area contributed by atoms with Crippen molar-refractivity contribution < 1.29 is 4.52 Å². The minimum Gasteiger partial charge on any atom is -0.361 e. The van der Waals surface area contributed by atoms with Crippen LogP contribution in [0.4, 0.5) is 0 Å². The van der Waals surface area contributed by atoms with Crippen molar-refractivity contribution in [1.29, 1.82) is 0 Å². The van der Waals surface area contributed by atoms with Gasteiger partial charge in [-0.25, -0.2) is 0 Å². The number of aromatic nitrogens is 3. The van der Waals surface area contributed by atoms with Gasteiger partial charge in [0.05, 0.1) is 11.4 Å². The van der Waals surface area contributed by atoms with Crippen LogP contribution in [0.3, 0.4) is 0 Å². The molecule has 3 heterocycles. The summed E-state index contributed by atoms with van der Waals surface area (Å²) in [6.45, 7) is 8.21. The van der Waals surface area contributed by atoms with Gasteiger partial charge in [0.2, 0.25) is 0 Å². The van der Waals surface area contributed by atoms with Crippen molar-refractivity contribution in [1.82, 2.24) is 19.8 Å². The van der Waals surface area contributed by atoms with Crippen LogP contribution in [0.5, 0.6) is 0 Å². The van der Waals surface area contributed by atoms with Crippen LogP contribution in [0, 0.1) is 20.8 Å². The average Bonchev–Trinajstić information content (AvgIpc) is 3.03. The van der Waals surface area contributed by atoms with E-state index in [2.05, 4.69) is 28.3 Å². The van der Waals surface area contributed by atoms with Crippen molar-refractivity contribution in [2.45, 2.75) is 46.2 Å². The Morgan fingerprint density at radius 2 is 2.10 bits per heavy atom. The Hall–Kier alpha value is -1.62. The predicted molar refractivity (Wildman–Crippen MR) is 76.3 cm³/mol. The second-order valence-electron chi connectivity index (χ2n) is 5.78. The second kappa shape index (κ2) is 5.05. The molecule has 2 aromatic heterocycles. The standard InChI is InChI=1S/C15H22N4O/c1-10-13(8-18(4)16-10)9-19-7-5-6-14(19)15-11(2)17-20-12(15)3/h8,14H,5-7,9H2,1-4H3/t14-/m1/s1. The molecule has 5 nitrogen and oxygen atoms in total. The number of aryl methyl sites for hydroxylation is 4. The summed E-state index contributed by atoms with van der Waals surface area (Å²) >= 11 is 0. The van der Waals surface area contributed by atoms with Gasteiger partial charge < -0.3 is 4.52 Å². The lowest BCUT2D eigenvalue weighted by Gasteiger charge is -2.24. The molecule has 1 aliphatic rings. The predicted octanol–water partition coefficient (Wildman–Crippen LogP) is 2.67. The summed E-state index contributed by atoms with van der Waals surface area (Å²) in [7, 11) is 1.98. The molecule has 1 fully saturated rings. The van der Waals surface area contributed by atoms with Crippen molar-refractivity contribution in [3.8, 4) is 0 Å². The van der Waals surface area contributed by atoms with Crippen LogP contribution in [0.15, 0.2) is 10.7 Å². The Labute approximate surface area is 119 Å². The monoisotopic (exact) mass is 274 g/mol. The van der Waals surface area contributed by atoms with E-state index in [-0.39, 0.29) is 0 Å². The maximum absolute atomic E-state index is 5.34. The van der Waals surface area contributed by atoms with E-state index in [1.165, 1.54) is 24.0 Å². The summed E-state index contributed by atoms with van der Waals surface area (Å²) in [4.78, 5) is 2.52. The number of nitrogens with zero attached hydrogens (tertiary/aromatic N) is 4. The largest absolute Gasteiger partial charge is 0.361 e. The average molecular weight is 274 g/mol. The lowest BCUT2D eigenvalue weighted by Crippen LogP contribution is -2.23. The van der Waals surface area contributed by atoms with Gasteiger partial charge in [-0.1, -0.05) is 5.16 Å². The number of likely N-dealkylation sites (tertiary alicyclic amines) is 1. The van der Waals surface area contributed by atoms with E-state index in [0.717, 1.165) is 30.2 Å². The van der Waals surface area contributed by atoms with Crippen LogP contribution < -0.4 is 0 Å². The molecule has 1 aliphatic heterocycles. The lowest BCUT2D eigenvalue weighted by molar-refractivity contribution is 0.245. The first-order valence-corrected chi connectivity index (χ1v) is 7.22. The van der Waals surface area contributed by atoms with Crippen molar-refractivity contribution in [3.63, 3.8) is 0 Å². The van der Waals surface area contributed by atoms with Crippen LogP contribution in [0.1, 0.15) is 47.2 Å². The van der Waals surface area contributed by atoms with E-state index in [1.54, 1.807) is 0 Å². The molecule has 0 aliphatic carbocycles. The van der Waals surface area contributed by atoms with E-state index in [4.69, 9.17) is 4.52 Å². The van der Waals surface area contributed by atoms with E-state index < -0.39 is 0 Å². The van der Waals surface area contributed by atoms with Gasteiger partial charge in [-0.15, -0.1) is 0 Å². The van der Waals surface area contributed by atoms with Crippen LogP contribution in [0.25, 0.3) is 0 Å². The molecule has 0 spiro atoms. The third kappa shape index (κ3) is 2.26. The molecule has 5 heteroatoms. The first-order valence-electron chi connectivity index (χ1n) is 7.22. The molecule has 0 aromatic carbocycles. The summed E-state index contributed by atoms with van der Waals surface area (Å²) in [5.41, 5.74) is 4.74. The molecule has 1 atom stereocenters. The third-order valence-electron chi connectivity index (χ3n) is 4.27. The highest BCUT2D eigenvalue weighted by Crippen LogP contribution is 2.36. The third-order valence-corrected chi connectivity index (χ3v) is 4.27. The molecule has 0 unspecified atom stereocenters. The van der Waals surface area contributed by atoms with Crippen molar-refractivity contribution in [2.75, 3.05) is 6.54 Å². The van der Waals surface area contributed by atoms with Gasteiger partial charge in [-0.05, 0) is 40.2 Å². The molecule has 0 N–H and O–H groups in total. The SMILES string of the molecule is Cc1nn(C)cc1CN1CCC[C@@H]1c1c(C)noc1C. The highest BCUT2D eigenvalue weighted by atomic mass is 16.5. The Morgan fingerprint density at radius 3 is 2.70 bits per heavy atom. The van der Waals surface area contributed by atoms with Crippen LogP contribution in [-0.2, 0) is 13.6 Å². The minimum absolute atomic E-state index is 0.431. The van der Waals surface area contributed by atoms with Crippen molar-refractivity contribution in [3.05, 3.63) is 34.5 Å². The molecule has 20 heavy (non-hydrogen) atoms. The van der Waals surface area contributed by atoms with Crippen LogP contribution in [-0.4, -0.2) is 26.4 Å². The summed E-state index contributed by atoms with van der Waals surface area (Å²) < 4.78 is 7.24. The van der Waals surface area contributed by atoms with Gasteiger partial charge in [0, 0.05) is 37.0 Å². The Kier molecular flexibility index (Phi) is 3.38. The lowest BCUT2D eigenvalue weighted by atomic mass is 10.0. The minimum atomic E-state index is 0.431.